The van der Waals surface area contributed by atoms with E-state index in [0.29, 0.717) is 27.0 Å². The zero-order valence-electron chi connectivity index (χ0n) is 10.9. The molecule has 0 saturated carbocycles. The third-order valence-electron chi connectivity index (χ3n) is 2.82. The molecule has 6 heteroatoms. The van der Waals surface area contributed by atoms with Gasteiger partial charge in [0, 0.05) is 10.7 Å². The van der Waals surface area contributed by atoms with Gasteiger partial charge in [-0.3, -0.25) is 4.98 Å². The Morgan fingerprint density at radius 3 is 2.75 bits per heavy atom. The molecule has 0 aliphatic rings. The van der Waals surface area contributed by atoms with Crippen LogP contribution in [0.5, 0.6) is 0 Å². The molecule has 0 saturated heterocycles. The Balaban J connectivity index is 2.37. The molecule has 0 bridgehead atoms. The molecule has 20 heavy (non-hydrogen) atoms. The summed E-state index contributed by atoms with van der Waals surface area (Å²) in [5, 5.41) is 2.92. The van der Waals surface area contributed by atoms with E-state index in [9.17, 15) is 9.18 Å². The lowest BCUT2D eigenvalue weighted by molar-refractivity contribution is 0.0599. The van der Waals surface area contributed by atoms with Crippen molar-refractivity contribution in [3.8, 4) is 0 Å². The van der Waals surface area contributed by atoms with E-state index in [1.54, 1.807) is 19.1 Å². The molecule has 2 rings (SSSR count). The van der Waals surface area contributed by atoms with Gasteiger partial charge in [0.25, 0.3) is 0 Å². The van der Waals surface area contributed by atoms with Gasteiger partial charge in [-0.2, -0.15) is 0 Å². The quantitative estimate of drug-likeness (QED) is 0.864. The monoisotopic (exact) mass is 338 g/mol. The van der Waals surface area contributed by atoms with Crippen molar-refractivity contribution in [2.75, 3.05) is 12.4 Å². The number of ether oxygens (including phenoxy) is 1. The second-order valence-electron chi connectivity index (χ2n) is 4.10. The van der Waals surface area contributed by atoms with Crippen molar-refractivity contribution in [1.82, 2.24) is 4.98 Å². The maximum Gasteiger partial charge on any atom is 0.339 e. The van der Waals surface area contributed by atoms with Gasteiger partial charge < -0.3 is 10.1 Å². The van der Waals surface area contributed by atoms with E-state index >= 15 is 0 Å². The van der Waals surface area contributed by atoms with Gasteiger partial charge in [0.1, 0.15) is 5.82 Å². The molecule has 0 spiro atoms. The number of methoxy groups -OCH3 is 1. The highest BCUT2D eigenvalue weighted by Crippen LogP contribution is 2.26. The summed E-state index contributed by atoms with van der Waals surface area (Å²) in [6.45, 7) is 1.74. The number of esters is 1. The number of pyridine rings is 1. The summed E-state index contributed by atoms with van der Waals surface area (Å²) in [5.74, 6) is -0.878. The second kappa shape index (κ2) is 6.00. The fraction of sp³-hybridized carbons (Fsp3) is 0.143. The van der Waals surface area contributed by atoms with Crippen LogP contribution >= 0.6 is 15.9 Å². The molecular formula is C14H12BrFN2O2. The minimum atomic E-state index is -0.477. The molecule has 0 radical (unpaired) electrons. The number of halogens is 2. The average Bonchev–Trinajstić information content (AvgIpc) is 2.43. The van der Waals surface area contributed by atoms with Crippen molar-refractivity contribution in [1.29, 1.82) is 0 Å². The number of anilines is 2. The lowest BCUT2D eigenvalue weighted by Crippen LogP contribution is -2.07. The summed E-state index contributed by atoms with van der Waals surface area (Å²) in [7, 11) is 1.30. The first-order valence-electron chi connectivity index (χ1n) is 5.78. The van der Waals surface area contributed by atoms with Crippen molar-refractivity contribution in [2.24, 2.45) is 0 Å². The van der Waals surface area contributed by atoms with E-state index in [1.807, 2.05) is 0 Å². The number of aromatic nitrogens is 1. The maximum absolute atomic E-state index is 13.8. The standard InChI is InChI=1S/C14H12BrFN2O2/c1-8-10(14(19)20-2)6-17-7-13(8)18-12-4-3-9(15)5-11(12)16/h3-7,18H,1-2H3. The zero-order chi connectivity index (χ0) is 14.7. The van der Waals surface area contributed by atoms with Gasteiger partial charge in [0.05, 0.1) is 30.2 Å². The van der Waals surface area contributed by atoms with Crippen molar-refractivity contribution in [3.63, 3.8) is 0 Å². The Morgan fingerprint density at radius 1 is 1.35 bits per heavy atom. The van der Waals surface area contributed by atoms with E-state index in [-0.39, 0.29) is 0 Å². The van der Waals surface area contributed by atoms with Gasteiger partial charge in [-0.25, -0.2) is 9.18 Å². The molecule has 1 heterocycles. The number of hydrogen-bond donors (Lipinski definition) is 1. The van der Waals surface area contributed by atoms with Gasteiger partial charge in [0.2, 0.25) is 0 Å². The Labute approximate surface area is 124 Å². The minimum absolute atomic E-state index is 0.306. The number of carbonyl (C=O) groups is 1. The number of nitrogens with zero attached hydrogens (tertiary/aromatic N) is 1. The predicted molar refractivity (Wildman–Crippen MR) is 77.7 cm³/mol. The summed E-state index contributed by atoms with van der Waals surface area (Å²) >= 11 is 3.19. The van der Waals surface area contributed by atoms with Crippen LogP contribution in [0.1, 0.15) is 15.9 Å². The van der Waals surface area contributed by atoms with Crippen LogP contribution in [0.2, 0.25) is 0 Å². The first-order chi connectivity index (χ1) is 9.52. The van der Waals surface area contributed by atoms with Crippen LogP contribution in [0.25, 0.3) is 0 Å². The Morgan fingerprint density at radius 2 is 2.10 bits per heavy atom. The number of benzene rings is 1. The molecule has 0 aliphatic heterocycles. The smallest absolute Gasteiger partial charge is 0.339 e. The molecule has 0 aliphatic carbocycles. The Hall–Kier alpha value is -1.95. The maximum atomic E-state index is 13.8. The number of rotatable bonds is 3. The molecular weight excluding hydrogens is 327 g/mol. The predicted octanol–water partition coefficient (Wildman–Crippen LogP) is 3.82. The van der Waals surface area contributed by atoms with Crippen molar-refractivity contribution >= 4 is 33.3 Å². The molecule has 1 aromatic heterocycles. The van der Waals surface area contributed by atoms with E-state index < -0.39 is 11.8 Å². The Kier molecular flexibility index (Phi) is 4.34. The highest BCUT2D eigenvalue weighted by atomic mass is 79.9. The van der Waals surface area contributed by atoms with Gasteiger partial charge in [0.15, 0.2) is 0 Å². The van der Waals surface area contributed by atoms with Crippen LogP contribution in [0.15, 0.2) is 35.1 Å². The lowest BCUT2D eigenvalue weighted by Gasteiger charge is -2.12. The van der Waals surface area contributed by atoms with Crippen molar-refractivity contribution in [2.45, 2.75) is 6.92 Å². The molecule has 0 atom stereocenters. The summed E-state index contributed by atoms with van der Waals surface area (Å²) in [6, 6.07) is 4.68. The molecule has 0 amide bonds. The highest BCUT2D eigenvalue weighted by Gasteiger charge is 2.13. The topological polar surface area (TPSA) is 51.2 Å². The largest absolute Gasteiger partial charge is 0.465 e. The third kappa shape index (κ3) is 2.96. The SMILES string of the molecule is COC(=O)c1cncc(Nc2ccc(Br)cc2F)c1C. The highest BCUT2D eigenvalue weighted by molar-refractivity contribution is 9.10. The Bertz CT molecular complexity index is 662. The fourth-order valence-corrected chi connectivity index (χ4v) is 2.04. The number of carbonyl (C=O) groups excluding carboxylic acids is 1. The molecule has 0 unspecified atom stereocenters. The van der Waals surface area contributed by atoms with Crippen molar-refractivity contribution < 1.29 is 13.9 Å². The van der Waals surface area contributed by atoms with E-state index in [1.165, 1.54) is 25.6 Å². The van der Waals surface area contributed by atoms with Crippen LogP contribution in [0.4, 0.5) is 15.8 Å². The van der Waals surface area contributed by atoms with Crippen LogP contribution in [0, 0.1) is 12.7 Å². The van der Waals surface area contributed by atoms with E-state index in [4.69, 9.17) is 0 Å². The average molecular weight is 339 g/mol. The van der Waals surface area contributed by atoms with Crippen LogP contribution in [0.3, 0.4) is 0 Å². The third-order valence-corrected chi connectivity index (χ3v) is 3.31. The lowest BCUT2D eigenvalue weighted by atomic mass is 10.1. The van der Waals surface area contributed by atoms with Crippen LogP contribution in [-0.4, -0.2) is 18.1 Å². The van der Waals surface area contributed by atoms with Gasteiger partial charge in [-0.05, 0) is 30.7 Å². The van der Waals surface area contributed by atoms with Crippen molar-refractivity contribution in [3.05, 3.63) is 52.0 Å². The number of nitrogens with one attached hydrogen (secondary N) is 1. The molecule has 0 fully saturated rings. The summed E-state index contributed by atoms with van der Waals surface area (Å²) in [6.07, 6.45) is 2.95. The fourth-order valence-electron chi connectivity index (χ4n) is 1.70. The van der Waals surface area contributed by atoms with Gasteiger partial charge in [-0.1, -0.05) is 15.9 Å². The molecule has 1 N–H and O–H groups in total. The molecule has 104 valence electrons. The van der Waals surface area contributed by atoms with Gasteiger partial charge in [-0.15, -0.1) is 0 Å². The van der Waals surface area contributed by atoms with Crippen LogP contribution < -0.4 is 5.32 Å². The molecule has 4 nitrogen and oxygen atoms in total. The first-order valence-corrected chi connectivity index (χ1v) is 6.57. The molecule has 1 aromatic carbocycles. The van der Waals surface area contributed by atoms with E-state index in [0.717, 1.165) is 0 Å². The molecule has 2 aromatic rings. The summed E-state index contributed by atoms with van der Waals surface area (Å²) in [5.41, 5.74) is 1.85. The van der Waals surface area contributed by atoms with Crippen LogP contribution in [-0.2, 0) is 4.74 Å². The summed E-state index contributed by atoms with van der Waals surface area (Å²) in [4.78, 5) is 15.5. The summed E-state index contributed by atoms with van der Waals surface area (Å²) < 4.78 is 19.1. The van der Waals surface area contributed by atoms with E-state index in [2.05, 4.69) is 31.0 Å². The first kappa shape index (κ1) is 14.5. The zero-order valence-corrected chi connectivity index (χ0v) is 12.5. The van der Waals surface area contributed by atoms with Gasteiger partial charge >= 0.3 is 5.97 Å². The second-order valence-corrected chi connectivity index (χ2v) is 5.02. The minimum Gasteiger partial charge on any atom is -0.465 e. The normalized spacial score (nSPS) is 10.2. The number of hydrogen-bond acceptors (Lipinski definition) is 4.